The Morgan fingerprint density at radius 2 is 1.08 bits per heavy atom. The standard InChI is InChI=1S/C36H37PS.C6H7P.2ClH.H3N.Ru/c1-3-17-35(4-2)38-29-27-32(36(30-18-9-5-10-19-30)31-20-11-6-12-21-31)26-28-37(33-22-13-7-14-23-33)34-24-15-8-16-25-34;7-6-4-2-1-3-5-6;;;;/h3-25,32,36H,1-2,26-29H2;1-5H,7H2;2*1H;1H3;/q;;;;;+2/p-2/b35-17+;;;;;. The summed E-state index contributed by atoms with van der Waals surface area (Å²) in [5.74, 6) is 1.93. The van der Waals surface area contributed by atoms with Crippen LogP contribution in [0.4, 0.5) is 0 Å². The Bertz CT molecular complexity index is 1520. The molecule has 0 fully saturated rings. The van der Waals surface area contributed by atoms with Gasteiger partial charge < -0.3 is 6.15 Å². The zero-order valence-corrected chi connectivity index (χ0v) is 33.9. The zero-order valence-electron chi connectivity index (χ0n) is 27.8. The second kappa shape index (κ2) is 26.5. The Labute approximate surface area is 318 Å². The summed E-state index contributed by atoms with van der Waals surface area (Å²) in [7, 11) is 11.9. The van der Waals surface area contributed by atoms with E-state index in [2.05, 4.69) is 150 Å². The Hall–Kier alpha value is -2.31. The zero-order chi connectivity index (χ0) is 34.2. The summed E-state index contributed by atoms with van der Waals surface area (Å²) in [5.41, 5.74) is 2.81. The molecule has 0 aliphatic carbocycles. The normalized spacial score (nSPS) is 11.3. The Morgan fingerprint density at radius 1 is 0.673 bits per heavy atom. The summed E-state index contributed by atoms with van der Waals surface area (Å²) in [4.78, 5) is 1.19. The molecule has 0 saturated carbocycles. The van der Waals surface area contributed by atoms with Crippen molar-refractivity contribution in [1.29, 1.82) is 0 Å². The van der Waals surface area contributed by atoms with Crippen LogP contribution in [0.25, 0.3) is 0 Å². The van der Waals surface area contributed by atoms with E-state index < -0.39 is 7.92 Å². The summed E-state index contributed by atoms with van der Waals surface area (Å²) in [6, 6.07) is 54.5. The van der Waals surface area contributed by atoms with Crippen molar-refractivity contribution >= 4 is 64.2 Å². The molecule has 0 aromatic heterocycles. The van der Waals surface area contributed by atoms with Crippen LogP contribution in [0.2, 0.25) is 0 Å². The second-order valence-electron chi connectivity index (χ2n) is 10.8. The van der Waals surface area contributed by atoms with Crippen molar-refractivity contribution in [3.8, 4) is 0 Å². The van der Waals surface area contributed by atoms with E-state index in [1.54, 1.807) is 0 Å². The van der Waals surface area contributed by atoms with Crippen LogP contribution in [0.3, 0.4) is 0 Å². The SMILES string of the molecule is C=C/C=C(\C=C)SCCC(CCP(c1ccccc1)c1ccccc1)C(c1ccccc1)c1ccccc1.N.Pc1ccccc1.[Cl][Ru][Cl]. The predicted octanol–water partition coefficient (Wildman–Crippen LogP) is 12.1. The third-order valence-corrected chi connectivity index (χ3v) is 11.7. The molecule has 1 nitrogen and oxygen atoms in total. The van der Waals surface area contributed by atoms with Crippen LogP contribution >= 0.6 is 48.3 Å². The minimum atomic E-state index is -0.430. The maximum absolute atomic E-state index is 4.85. The molecule has 0 amide bonds. The number of hydrogen-bond donors (Lipinski definition) is 1. The average Bonchev–Trinajstić information content (AvgIpc) is 3.14. The van der Waals surface area contributed by atoms with Gasteiger partial charge in [0.25, 0.3) is 0 Å². The molecule has 258 valence electrons. The molecule has 5 aromatic rings. The van der Waals surface area contributed by atoms with Crippen molar-refractivity contribution < 1.29 is 15.1 Å². The van der Waals surface area contributed by atoms with E-state index in [9.17, 15) is 0 Å². The third kappa shape index (κ3) is 16.1. The van der Waals surface area contributed by atoms with Crippen LogP contribution in [-0.4, -0.2) is 11.9 Å². The van der Waals surface area contributed by atoms with Crippen LogP contribution < -0.4 is 22.1 Å². The summed E-state index contributed by atoms with van der Waals surface area (Å²) in [5, 5.41) is 4.16. The number of hydrogen-bond acceptors (Lipinski definition) is 2. The topological polar surface area (TPSA) is 35.0 Å². The Kier molecular flexibility index (Phi) is 23.2. The number of allylic oxidation sites excluding steroid dienone is 3. The van der Waals surface area contributed by atoms with Crippen molar-refractivity contribution in [3.63, 3.8) is 0 Å². The van der Waals surface area contributed by atoms with Crippen molar-refractivity contribution in [2.75, 3.05) is 11.9 Å². The molecule has 7 heteroatoms. The van der Waals surface area contributed by atoms with Gasteiger partial charge in [0.15, 0.2) is 0 Å². The van der Waals surface area contributed by atoms with Gasteiger partial charge in [-0.05, 0) is 71.7 Å². The molecule has 2 unspecified atom stereocenters. The fraction of sp³-hybridized carbons (Fsp3) is 0.143. The molecule has 49 heavy (non-hydrogen) atoms. The fourth-order valence-corrected chi connectivity index (χ4v) is 9.18. The second-order valence-corrected chi connectivity index (χ2v) is 17.6. The van der Waals surface area contributed by atoms with Crippen LogP contribution in [-0.2, 0) is 15.1 Å². The van der Waals surface area contributed by atoms with Gasteiger partial charge in [-0.1, -0.05) is 177 Å². The molecule has 0 radical (unpaired) electrons. The summed E-state index contributed by atoms with van der Waals surface area (Å²) < 4.78 is 0. The first kappa shape index (κ1) is 42.9. The third-order valence-electron chi connectivity index (χ3n) is 7.69. The molecule has 0 aliphatic rings. The number of rotatable bonds is 14. The molecule has 0 bridgehead atoms. The molecular formula is C42H47Cl2NP2RuS. The minimum absolute atomic E-state index is 0. The van der Waals surface area contributed by atoms with Gasteiger partial charge in [-0.3, -0.25) is 0 Å². The molecule has 3 N–H and O–H groups in total. The molecule has 5 aromatic carbocycles. The fourth-order valence-electron chi connectivity index (χ4n) is 5.53. The summed E-state index contributed by atoms with van der Waals surface area (Å²) in [6.07, 6.45) is 9.32. The van der Waals surface area contributed by atoms with E-state index in [4.69, 9.17) is 19.4 Å². The van der Waals surface area contributed by atoms with Crippen molar-refractivity contribution in [3.05, 3.63) is 199 Å². The number of halogens is 2. The van der Waals surface area contributed by atoms with E-state index in [0.717, 1.165) is 12.2 Å². The molecule has 2 atom stereocenters. The monoisotopic (exact) mass is 831 g/mol. The van der Waals surface area contributed by atoms with E-state index in [1.165, 1.54) is 44.5 Å². The van der Waals surface area contributed by atoms with E-state index in [1.807, 2.05) is 54.2 Å². The van der Waals surface area contributed by atoms with Gasteiger partial charge in [0.05, 0.1) is 0 Å². The van der Waals surface area contributed by atoms with Gasteiger partial charge in [0, 0.05) is 10.8 Å². The van der Waals surface area contributed by atoms with Gasteiger partial charge in [-0.15, -0.1) is 21.0 Å². The van der Waals surface area contributed by atoms with Crippen LogP contribution in [0.15, 0.2) is 188 Å². The van der Waals surface area contributed by atoms with Crippen molar-refractivity contribution in [1.82, 2.24) is 6.15 Å². The first-order valence-corrected chi connectivity index (χ1v) is 23.4. The van der Waals surface area contributed by atoms with Gasteiger partial charge in [0.2, 0.25) is 0 Å². The first-order chi connectivity index (χ1) is 23.6. The van der Waals surface area contributed by atoms with Crippen molar-refractivity contribution in [2.45, 2.75) is 18.8 Å². The van der Waals surface area contributed by atoms with Crippen LogP contribution in [0.5, 0.6) is 0 Å². The van der Waals surface area contributed by atoms with Gasteiger partial charge in [-0.2, -0.15) is 0 Å². The molecular weight excluding hydrogens is 784 g/mol. The van der Waals surface area contributed by atoms with Gasteiger partial charge >= 0.3 is 34.5 Å². The average molecular weight is 832 g/mol. The number of thioether (sulfide) groups is 1. The first-order valence-electron chi connectivity index (χ1n) is 15.8. The van der Waals surface area contributed by atoms with E-state index in [0.29, 0.717) is 11.8 Å². The van der Waals surface area contributed by atoms with Gasteiger partial charge in [0.1, 0.15) is 0 Å². The molecule has 5 rings (SSSR count). The summed E-state index contributed by atoms with van der Waals surface area (Å²) >= 11 is 1.54. The van der Waals surface area contributed by atoms with E-state index >= 15 is 0 Å². The quantitative estimate of drug-likeness (QED) is 0.0687. The Balaban J connectivity index is 0.000000656. The maximum atomic E-state index is 4.85. The van der Waals surface area contributed by atoms with Gasteiger partial charge in [-0.25, -0.2) is 0 Å². The Morgan fingerprint density at radius 3 is 1.45 bits per heavy atom. The predicted molar refractivity (Wildman–Crippen MR) is 225 cm³/mol. The van der Waals surface area contributed by atoms with E-state index in [-0.39, 0.29) is 21.3 Å². The van der Waals surface area contributed by atoms with Crippen LogP contribution in [0.1, 0.15) is 29.9 Å². The van der Waals surface area contributed by atoms with Crippen LogP contribution in [0, 0.1) is 5.92 Å². The molecule has 0 saturated heterocycles. The molecule has 0 spiro atoms. The molecule has 0 aliphatic heterocycles. The van der Waals surface area contributed by atoms with Crippen molar-refractivity contribution in [2.24, 2.45) is 5.92 Å². The molecule has 0 heterocycles. The summed E-state index contributed by atoms with van der Waals surface area (Å²) in [6.45, 7) is 7.87. The number of benzene rings is 5.